The van der Waals surface area contributed by atoms with Gasteiger partial charge in [-0.2, -0.15) is 5.10 Å². The Morgan fingerprint density at radius 1 is 1.11 bits per heavy atom. The van der Waals surface area contributed by atoms with Gasteiger partial charge in [0.25, 0.3) is 5.91 Å². The van der Waals surface area contributed by atoms with E-state index >= 15 is 0 Å². The summed E-state index contributed by atoms with van der Waals surface area (Å²) >= 11 is 0. The Morgan fingerprint density at radius 2 is 1.76 bits per heavy atom. The van der Waals surface area contributed by atoms with Crippen molar-refractivity contribution in [3.8, 4) is 5.69 Å². The molecule has 0 radical (unpaired) electrons. The third-order valence-electron chi connectivity index (χ3n) is 5.92. The van der Waals surface area contributed by atoms with E-state index in [2.05, 4.69) is 10.4 Å². The summed E-state index contributed by atoms with van der Waals surface area (Å²) in [7, 11) is 0. The number of rotatable bonds is 11. The van der Waals surface area contributed by atoms with Crippen LogP contribution in [-0.2, 0) is 11.3 Å². The van der Waals surface area contributed by atoms with Crippen molar-refractivity contribution in [1.82, 2.24) is 15.1 Å². The first-order valence-electron chi connectivity index (χ1n) is 12.0. The molecule has 2 aromatic carbocycles. The van der Waals surface area contributed by atoms with Gasteiger partial charge < -0.3 is 20.6 Å². The number of halogens is 1. The molecule has 198 valence electrons. The number of hydrogen-bond acceptors (Lipinski definition) is 5. The van der Waals surface area contributed by atoms with Gasteiger partial charge in [-0.3, -0.25) is 9.59 Å². The summed E-state index contributed by atoms with van der Waals surface area (Å²) in [5.74, 6) is -2.10. The van der Waals surface area contributed by atoms with Gasteiger partial charge in [0.05, 0.1) is 30.0 Å². The number of benzene rings is 2. The summed E-state index contributed by atoms with van der Waals surface area (Å²) in [6.07, 6.45) is -0.00381. The molecule has 0 spiro atoms. The number of aliphatic carboxylic acids is 1. The molecule has 0 unspecified atom stereocenters. The Morgan fingerprint density at radius 3 is 2.37 bits per heavy atom. The molecule has 10 heteroatoms. The molecule has 3 rings (SSSR count). The minimum atomic E-state index is -1.22. The molecule has 1 heterocycles. The van der Waals surface area contributed by atoms with Gasteiger partial charge in [-0.1, -0.05) is 44.2 Å². The average molecular weight is 534 g/mol. The van der Waals surface area contributed by atoms with E-state index in [0.29, 0.717) is 23.5 Å². The van der Waals surface area contributed by atoms with Crippen LogP contribution in [-0.4, -0.2) is 78.7 Å². The number of aromatic nitrogens is 2. The quantitative estimate of drug-likeness (QED) is 0.280. The van der Waals surface area contributed by atoms with Crippen LogP contribution in [0.5, 0.6) is 0 Å². The fraction of sp³-hybridized carbons (Fsp3) is 0.321. The average Bonchev–Trinajstić information content (AvgIpc) is 3.22. The van der Waals surface area contributed by atoms with E-state index in [0.717, 1.165) is 11.1 Å². The van der Waals surface area contributed by atoms with Crippen LogP contribution in [0.4, 0.5) is 4.39 Å². The van der Waals surface area contributed by atoms with Crippen molar-refractivity contribution in [2.45, 2.75) is 58.3 Å². The van der Waals surface area contributed by atoms with Crippen LogP contribution in [0.3, 0.4) is 0 Å². The maximum atomic E-state index is 13.6. The number of carbonyl (C=O) groups excluding carboxylic acids is 1. The van der Waals surface area contributed by atoms with Crippen LogP contribution in [0.25, 0.3) is 11.8 Å². The van der Waals surface area contributed by atoms with E-state index in [9.17, 15) is 24.2 Å². The van der Waals surface area contributed by atoms with Crippen molar-refractivity contribution in [1.29, 1.82) is 0 Å². The fourth-order valence-corrected chi connectivity index (χ4v) is 4.03. The van der Waals surface area contributed by atoms with Crippen LogP contribution in [0, 0.1) is 12.7 Å². The molecular weight excluding hydrogens is 500 g/mol. The first kappa shape index (κ1) is 31.4. The third-order valence-corrected chi connectivity index (χ3v) is 5.92. The SMILES string of the molecule is Cc1ccccc1CNC(=O)c1nn(-c2ccc(F)cc2)c(/C=C/[C@H](O)C[C@@H](O)CC(=O)O)c1C(C)C.[NaH]. The first-order chi connectivity index (χ1) is 17.6. The van der Waals surface area contributed by atoms with Gasteiger partial charge in [0.1, 0.15) is 5.82 Å². The van der Waals surface area contributed by atoms with E-state index in [4.69, 9.17) is 5.11 Å². The summed E-state index contributed by atoms with van der Waals surface area (Å²) in [6, 6.07) is 13.4. The molecule has 0 aliphatic heterocycles. The number of carboxylic acid groups (broad SMARTS) is 1. The normalized spacial score (nSPS) is 12.8. The number of nitrogens with one attached hydrogen (secondary N) is 1. The van der Waals surface area contributed by atoms with Gasteiger partial charge in [0, 0.05) is 18.5 Å². The van der Waals surface area contributed by atoms with Gasteiger partial charge in [-0.25, -0.2) is 9.07 Å². The zero-order valence-electron chi connectivity index (χ0n) is 21.1. The third kappa shape index (κ3) is 8.34. The Labute approximate surface area is 243 Å². The molecule has 2 atom stereocenters. The molecule has 4 N–H and O–H groups in total. The topological polar surface area (TPSA) is 125 Å². The molecule has 0 aliphatic rings. The second-order valence-corrected chi connectivity index (χ2v) is 9.21. The van der Waals surface area contributed by atoms with E-state index in [1.807, 2.05) is 45.0 Å². The standard InChI is InChI=1S/C28H32FN3O5.Na.H/c1-17(2)26-24(13-12-22(33)14-23(34)15-25(35)36)32(21-10-8-20(29)9-11-21)31-27(26)28(37)30-16-19-7-5-4-6-18(19)3;;/h4-13,17,22-23,33-34H,14-16H2,1-3H3,(H,30,37)(H,35,36);;/b13-12+;;/t22-,23+;;/m0../s1. The molecule has 38 heavy (non-hydrogen) atoms. The van der Waals surface area contributed by atoms with Crippen LogP contribution in [0.15, 0.2) is 54.6 Å². The Hall–Kier alpha value is -2.82. The van der Waals surface area contributed by atoms with Crippen molar-refractivity contribution < 1.29 is 29.3 Å². The molecule has 0 saturated heterocycles. The maximum absolute atomic E-state index is 13.6. The summed E-state index contributed by atoms with van der Waals surface area (Å²) in [5.41, 5.74) is 3.87. The van der Waals surface area contributed by atoms with Crippen molar-refractivity contribution in [2.75, 3.05) is 0 Å². The van der Waals surface area contributed by atoms with Gasteiger partial charge in [0.2, 0.25) is 0 Å². The molecule has 1 aromatic heterocycles. The molecule has 3 aromatic rings. The summed E-state index contributed by atoms with van der Waals surface area (Å²) in [4.78, 5) is 24.1. The number of aliphatic hydroxyl groups excluding tert-OH is 2. The minimum absolute atomic E-state index is 0. The van der Waals surface area contributed by atoms with Crippen molar-refractivity contribution >= 4 is 47.5 Å². The summed E-state index contributed by atoms with van der Waals surface area (Å²) < 4.78 is 15.1. The number of carbonyl (C=O) groups is 2. The monoisotopic (exact) mass is 533 g/mol. The van der Waals surface area contributed by atoms with E-state index < -0.39 is 30.4 Å². The van der Waals surface area contributed by atoms with Gasteiger partial charge in [-0.15, -0.1) is 0 Å². The molecule has 8 nitrogen and oxygen atoms in total. The number of nitrogens with zero attached hydrogens (tertiary/aromatic N) is 2. The van der Waals surface area contributed by atoms with Crippen molar-refractivity contribution in [2.24, 2.45) is 0 Å². The second kappa shape index (κ2) is 14.4. The zero-order valence-corrected chi connectivity index (χ0v) is 21.1. The molecule has 0 fully saturated rings. The van der Waals surface area contributed by atoms with Gasteiger partial charge in [-0.05, 0) is 54.3 Å². The Bertz CT molecular complexity index is 1270. The number of hydrogen-bond donors (Lipinski definition) is 4. The Balaban J connectivity index is 0.00000507. The molecular formula is C28H33FN3NaO5. The van der Waals surface area contributed by atoms with Crippen molar-refractivity contribution in [3.05, 3.63) is 88.5 Å². The summed E-state index contributed by atoms with van der Waals surface area (Å²) in [6.45, 7) is 6.10. The second-order valence-electron chi connectivity index (χ2n) is 9.21. The number of amides is 1. The van der Waals surface area contributed by atoms with E-state index in [1.165, 1.54) is 35.0 Å². The van der Waals surface area contributed by atoms with Crippen LogP contribution in [0.1, 0.15) is 65.5 Å². The van der Waals surface area contributed by atoms with E-state index in [1.54, 1.807) is 6.08 Å². The van der Waals surface area contributed by atoms with Gasteiger partial charge in [0.15, 0.2) is 5.69 Å². The first-order valence-corrected chi connectivity index (χ1v) is 12.0. The van der Waals surface area contributed by atoms with E-state index in [-0.39, 0.29) is 53.5 Å². The molecule has 0 bridgehead atoms. The predicted octanol–water partition coefficient (Wildman–Crippen LogP) is 3.32. The number of carboxylic acids is 1. The number of aryl methyl sites for hydroxylation is 1. The fourth-order valence-electron chi connectivity index (χ4n) is 4.03. The number of aliphatic hydroxyl groups is 2. The molecule has 0 saturated carbocycles. The molecule has 1 amide bonds. The molecule has 0 aliphatic carbocycles. The van der Waals surface area contributed by atoms with Crippen LogP contribution in [0.2, 0.25) is 0 Å². The summed E-state index contributed by atoms with van der Waals surface area (Å²) in [5, 5.41) is 36.6. The Kier molecular flexibility index (Phi) is 11.9. The predicted molar refractivity (Wildman–Crippen MR) is 145 cm³/mol. The van der Waals surface area contributed by atoms with Crippen LogP contribution >= 0.6 is 0 Å². The van der Waals surface area contributed by atoms with Crippen molar-refractivity contribution in [3.63, 3.8) is 0 Å². The van der Waals surface area contributed by atoms with Crippen LogP contribution < -0.4 is 5.32 Å². The van der Waals surface area contributed by atoms with Gasteiger partial charge >= 0.3 is 35.5 Å². The zero-order chi connectivity index (χ0) is 27.1.